The van der Waals surface area contributed by atoms with Crippen molar-refractivity contribution in [3.05, 3.63) is 82.0 Å². The Kier molecular flexibility index (Phi) is 6.84. The molecule has 0 saturated carbocycles. The lowest BCUT2D eigenvalue weighted by molar-refractivity contribution is -0.121. The maximum atomic E-state index is 14.3. The molecule has 0 N–H and O–H groups in total. The number of ether oxygens (including phenoxy) is 1. The minimum absolute atomic E-state index is 0.00484. The molecule has 2 aromatic carbocycles. The number of thiophene rings is 1. The van der Waals surface area contributed by atoms with Gasteiger partial charge in [0.25, 0.3) is 5.91 Å². The van der Waals surface area contributed by atoms with Crippen LogP contribution in [-0.4, -0.2) is 36.9 Å². The van der Waals surface area contributed by atoms with E-state index in [2.05, 4.69) is 13.8 Å². The Bertz CT molecular complexity index is 1110. The van der Waals surface area contributed by atoms with E-state index >= 15 is 0 Å². The number of benzene rings is 2. The second-order valence-corrected chi connectivity index (χ2v) is 9.64. The third-order valence-corrected chi connectivity index (χ3v) is 7.01. The normalized spacial score (nSPS) is 17.7. The quantitative estimate of drug-likeness (QED) is 0.449. The summed E-state index contributed by atoms with van der Waals surface area (Å²) >= 11 is 1.60. The summed E-state index contributed by atoms with van der Waals surface area (Å²) in [5.74, 6) is 0.527. The molecule has 0 fully saturated rings. The van der Waals surface area contributed by atoms with E-state index < -0.39 is 5.92 Å². The number of amides is 2. The van der Waals surface area contributed by atoms with E-state index in [1.807, 2.05) is 82.8 Å². The van der Waals surface area contributed by atoms with Gasteiger partial charge in [-0.2, -0.15) is 0 Å². The van der Waals surface area contributed by atoms with Crippen LogP contribution in [0.15, 0.2) is 66.0 Å². The van der Waals surface area contributed by atoms with Gasteiger partial charge in [-0.25, -0.2) is 0 Å². The second kappa shape index (κ2) is 9.79. The zero-order valence-corrected chi connectivity index (χ0v) is 20.3. The minimum atomic E-state index is -0.488. The SMILES string of the molecule is CCN(C(=O)C1c2ccccc2C(=O)N(CC(C)C)C1c1cccs1)c1ccc(OC)cc1. The molecule has 1 aliphatic rings. The standard InChI is InChI=1S/C27H30N2O3S/c1-5-28(19-12-14-20(32-4)15-13-19)27(31)24-21-9-6-7-10-22(21)26(30)29(17-18(2)3)25(24)23-11-8-16-33-23/h6-16,18,24-25H,5,17H2,1-4H3. The van der Waals surface area contributed by atoms with E-state index in [4.69, 9.17) is 4.74 Å². The Labute approximate surface area is 199 Å². The molecule has 6 heteroatoms. The molecule has 1 aliphatic heterocycles. The van der Waals surface area contributed by atoms with Gasteiger partial charge in [0.1, 0.15) is 5.75 Å². The minimum Gasteiger partial charge on any atom is -0.497 e. The summed E-state index contributed by atoms with van der Waals surface area (Å²) in [5, 5.41) is 2.01. The first-order chi connectivity index (χ1) is 16.0. The summed E-state index contributed by atoms with van der Waals surface area (Å²) < 4.78 is 5.29. The largest absolute Gasteiger partial charge is 0.497 e. The molecule has 5 nitrogen and oxygen atoms in total. The molecule has 4 rings (SSSR count). The molecule has 2 atom stereocenters. The molecule has 3 aromatic rings. The van der Waals surface area contributed by atoms with Gasteiger partial charge in [0, 0.05) is 29.2 Å². The summed E-state index contributed by atoms with van der Waals surface area (Å²) in [6.45, 7) is 7.30. The highest BCUT2D eigenvalue weighted by molar-refractivity contribution is 7.10. The molecule has 0 saturated heterocycles. The number of fused-ring (bicyclic) bond motifs is 1. The molecule has 2 heterocycles. The number of rotatable bonds is 7. The lowest BCUT2D eigenvalue weighted by Gasteiger charge is -2.43. The van der Waals surface area contributed by atoms with Crippen molar-refractivity contribution >= 4 is 28.8 Å². The summed E-state index contributed by atoms with van der Waals surface area (Å²) in [6.07, 6.45) is 0. The monoisotopic (exact) mass is 462 g/mol. The Morgan fingerprint density at radius 3 is 2.42 bits per heavy atom. The molecule has 2 amide bonds. The van der Waals surface area contributed by atoms with Gasteiger partial charge < -0.3 is 14.5 Å². The van der Waals surface area contributed by atoms with Crippen LogP contribution in [-0.2, 0) is 4.79 Å². The number of methoxy groups -OCH3 is 1. The Hall–Kier alpha value is -3.12. The fourth-order valence-corrected chi connectivity index (χ4v) is 5.50. The molecule has 0 aliphatic carbocycles. The lowest BCUT2D eigenvalue weighted by Crippen LogP contribution is -2.49. The number of nitrogens with zero attached hydrogens (tertiary/aromatic N) is 2. The van der Waals surface area contributed by atoms with Crippen LogP contribution in [0.1, 0.15) is 53.5 Å². The summed E-state index contributed by atoms with van der Waals surface area (Å²) in [5.41, 5.74) is 2.24. The molecule has 2 unspecified atom stereocenters. The van der Waals surface area contributed by atoms with Crippen molar-refractivity contribution in [2.45, 2.75) is 32.7 Å². The van der Waals surface area contributed by atoms with E-state index in [0.717, 1.165) is 21.9 Å². The first-order valence-electron chi connectivity index (χ1n) is 11.3. The molecule has 33 heavy (non-hydrogen) atoms. The number of hydrogen-bond donors (Lipinski definition) is 0. The van der Waals surface area contributed by atoms with E-state index in [0.29, 0.717) is 18.7 Å². The third-order valence-electron chi connectivity index (χ3n) is 6.07. The Morgan fingerprint density at radius 2 is 1.82 bits per heavy atom. The number of carbonyl (C=O) groups is 2. The number of hydrogen-bond acceptors (Lipinski definition) is 4. The van der Waals surface area contributed by atoms with Crippen LogP contribution in [0.5, 0.6) is 5.75 Å². The van der Waals surface area contributed by atoms with Crippen molar-refractivity contribution < 1.29 is 14.3 Å². The van der Waals surface area contributed by atoms with Gasteiger partial charge in [-0.3, -0.25) is 9.59 Å². The van der Waals surface area contributed by atoms with Crippen LogP contribution in [0, 0.1) is 5.92 Å². The summed E-state index contributed by atoms with van der Waals surface area (Å²) in [6, 6.07) is 18.8. The molecule has 172 valence electrons. The molecule has 0 bridgehead atoms. The van der Waals surface area contributed by atoms with Crippen molar-refractivity contribution in [2.75, 3.05) is 25.1 Å². The fraction of sp³-hybridized carbons (Fsp3) is 0.333. The molecular formula is C27H30N2O3S. The van der Waals surface area contributed by atoms with Crippen molar-refractivity contribution in [1.29, 1.82) is 0 Å². The van der Waals surface area contributed by atoms with Crippen molar-refractivity contribution in [2.24, 2.45) is 5.92 Å². The van der Waals surface area contributed by atoms with Crippen LogP contribution < -0.4 is 9.64 Å². The van der Waals surface area contributed by atoms with Crippen molar-refractivity contribution in [3.8, 4) is 5.75 Å². The summed E-state index contributed by atoms with van der Waals surface area (Å²) in [7, 11) is 1.63. The predicted octanol–water partition coefficient (Wildman–Crippen LogP) is 5.75. The van der Waals surface area contributed by atoms with E-state index in [-0.39, 0.29) is 23.8 Å². The average molecular weight is 463 g/mol. The van der Waals surface area contributed by atoms with Crippen LogP contribution in [0.25, 0.3) is 0 Å². The van der Waals surface area contributed by atoms with Crippen LogP contribution in [0.3, 0.4) is 0 Å². The fourth-order valence-electron chi connectivity index (χ4n) is 4.63. The first kappa shape index (κ1) is 23.1. The van der Waals surface area contributed by atoms with Gasteiger partial charge in [-0.1, -0.05) is 38.1 Å². The number of carbonyl (C=O) groups excluding carboxylic acids is 2. The summed E-state index contributed by atoms with van der Waals surface area (Å²) in [4.78, 5) is 32.6. The smallest absolute Gasteiger partial charge is 0.254 e. The Morgan fingerprint density at radius 1 is 1.09 bits per heavy atom. The molecular weight excluding hydrogens is 432 g/mol. The lowest BCUT2D eigenvalue weighted by atomic mass is 9.80. The van der Waals surface area contributed by atoms with Gasteiger partial charge in [0.05, 0.1) is 19.1 Å². The highest BCUT2D eigenvalue weighted by Gasteiger charge is 2.46. The highest BCUT2D eigenvalue weighted by atomic mass is 32.1. The average Bonchev–Trinajstić information content (AvgIpc) is 3.36. The van der Waals surface area contributed by atoms with Gasteiger partial charge in [0.2, 0.25) is 5.91 Å². The van der Waals surface area contributed by atoms with Gasteiger partial charge in [-0.05, 0) is 60.2 Å². The van der Waals surface area contributed by atoms with Crippen LogP contribution >= 0.6 is 11.3 Å². The third kappa shape index (κ3) is 4.40. The Balaban J connectivity index is 1.85. The number of likely N-dealkylation sites (N-methyl/N-ethyl adjacent to an activating group) is 1. The van der Waals surface area contributed by atoms with Crippen molar-refractivity contribution in [3.63, 3.8) is 0 Å². The first-order valence-corrected chi connectivity index (χ1v) is 12.2. The van der Waals surface area contributed by atoms with Crippen LogP contribution in [0.2, 0.25) is 0 Å². The zero-order valence-electron chi connectivity index (χ0n) is 19.5. The van der Waals surface area contributed by atoms with Crippen LogP contribution in [0.4, 0.5) is 5.69 Å². The predicted molar refractivity (Wildman–Crippen MR) is 133 cm³/mol. The highest BCUT2D eigenvalue weighted by Crippen LogP contribution is 2.45. The van der Waals surface area contributed by atoms with Gasteiger partial charge in [0.15, 0.2) is 0 Å². The molecule has 0 spiro atoms. The number of anilines is 1. The van der Waals surface area contributed by atoms with Gasteiger partial charge >= 0.3 is 0 Å². The van der Waals surface area contributed by atoms with E-state index in [1.165, 1.54) is 0 Å². The maximum absolute atomic E-state index is 14.3. The maximum Gasteiger partial charge on any atom is 0.254 e. The topological polar surface area (TPSA) is 49.9 Å². The zero-order chi connectivity index (χ0) is 23.5. The van der Waals surface area contributed by atoms with Gasteiger partial charge in [-0.15, -0.1) is 11.3 Å². The molecule has 1 aromatic heterocycles. The van der Waals surface area contributed by atoms with E-state index in [1.54, 1.807) is 18.4 Å². The van der Waals surface area contributed by atoms with E-state index in [9.17, 15) is 9.59 Å². The molecule has 0 radical (unpaired) electrons. The van der Waals surface area contributed by atoms with Crippen molar-refractivity contribution in [1.82, 2.24) is 4.90 Å². The second-order valence-electron chi connectivity index (χ2n) is 8.66.